The summed E-state index contributed by atoms with van der Waals surface area (Å²) in [7, 11) is 0. The largest absolute Gasteiger partial charge is 0.410 e. The number of pyridine rings is 1. The van der Waals surface area contributed by atoms with Gasteiger partial charge in [0.1, 0.15) is 5.75 Å². The monoisotopic (exact) mass is 278 g/mol. The van der Waals surface area contributed by atoms with E-state index in [-0.39, 0.29) is 0 Å². The molecule has 0 spiro atoms. The van der Waals surface area contributed by atoms with Crippen molar-refractivity contribution in [1.82, 2.24) is 4.98 Å². The predicted molar refractivity (Wildman–Crippen MR) is 81.2 cm³/mol. The fourth-order valence-corrected chi connectivity index (χ4v) is 2.26. The Morgan fingerprint density at radius 2 is 1.86 bits per heavy atom. The van der Waals surface area contributed by atoms with Crippen LogP contribution in [0.15, 0.2) is 60.8 Å². The van der Waals surface area contributed by atoms with Gasteiger partial charge >= 0.3 is 6.09 Å². The summed E-state index contributed by atoms with van der Waals surface area (Å²) in [5.74, 6) is 0.425. The number of nitrogens with two attached hydrogens (primary N) is 1. The lowest BCUT2D eigenvalue weighted by molar-refractivity contribution is 0.211. The Bertz CT molecular complexity index is 785. The summed E-state index contributed by atoms with van der Waals surface area (Å²) >= 11 is 0. The van der Waals surface area contributed by atoms with Crippen LogP contribution >= 0.6 is 0 Å². The van der Waals surface area contributed by atoms with Gasteiger partial charge in [-0.3, -0.25) is 4.98 Å². The number of primary amides is 1. The van der Waals surface area contributed by atoms with Crippen LogP contribution in [0, 0.1) is 0 Å². The van der Waals surface area contributed by atoms with Crippen molar-refractivity contribution in [3.63, 3.8) is 0 Å². The minimum absolute atomic E-state index is 0.425. The first-order chi connectivity index (χ1) is 10.2. The molecule has 0 unspecified atom stereocenters. The Kier molecular flexibility index (Phi) is 3.51. The summed E-state index contributed by atoms with van der Waals surface area (Å²) in [6, 6.07) is 17.5. The number of benzene rings is 2. The lowest BCUT2D eigenvalue weighted by atomic mass is 10.0. The van der Waals surface area contributed by atoms with E-state index in [2.05, 4.69) is 17.1 Å². The quantitative estimate of drug-likeness (QED) is 0.799. The van der Waals surface area contributed by atoms with Crippen LogP contribution in [0.25, 0.3) is 10.9 Å². The van der Waals surface area contributed by atoms with Crippen molar-refractivity contribution in [2.45, 2.75) is 6.42 Å². The van der Waals surface area contributed by atoms with E-state index >= 15 is 0 Å². The average molecular weight is 278 g/mol. The fraction of sp³-hybridized carbons (Fsp3) is 0.0588. The first-order valence-corrected chi connectivity index (χ1v) is 6.60. The van der Waals surface area contributed by atoms with Gasteiger partial charge in [0.2, 0.25) is 0 Å². The van der Waals surface area contributed by atoms with Gasteiger partial charge in [0.25, 0.3) is 0 Å². The summed E-state index contributed by atoms with van der Waals surface area (Å²) < 4.78 is 4.89. The molecule has 0 saturated heterocycles. The van der Waals surface area contributed by atoms with Crippen LogP contribution in [-0.2, 0) is 6.42 Å². The van der Waals surface area contributed by atoms with Crippen LogP contribution < -0.4 is 10.5 Å². The summed E-state index contributed by atoms with van der Waals surface area (Å²) in [6.07, 6.45) is 1.86. The molecule has 21 heavy (non-hydrogen) atoms. The molecule has 0 radical (unpaired) electrons. The van der Waals surface area contributed by atoms with Gasteiger partial charge in [-0.25, -0.2) is 4.79 Å². The molecule has 1 amide bonds. The van der Waals surface area contributed by atoms with Crippen molar-refractivity contribution < 1.29 is 9.53 Å². The highest BCUT2D eigenvalue weighted by molar-refractivity contribution is 5.81. The van der Waals surface area contributed by atoms with Crippen LogP contribution in [0.3, 0.4) is 0 Å². The molecule has 0 saturated carbocycles. The molecule has 2 aromatic carbocycles. The molecular formula is C17H14N2O2. The van der Waals surface area contributed by atoms with Gasteiger partial charge in [-0.05, 0) is 41.8 Å². The summed E-state index contributed by atoms with van der Waals surface area (Å²) in [5.41, 5.74) is 8.20. The lowest BCUT2D eigenvalue weighted by Gasteiger charge is -2.05. The lowest BCUT2D eigenvalue weighted by Crippen LogP contribution is -2.16. The van der Waals surface area contributed by atoms with Crippen molar-refractivity contribution in [2.24, 2.45) is 5.73 Å². The number of carbonyl (C=O) groups excluding carboxylic acids is 1. The molecule has 0 fully saturated rings. The Balaban J connectivity index is 1.92. The maximum Gasteiger partial charge on any atom is 0.409 e. The number of nitrogens with zero attached hydrogens (tertiary/aromatic N) is 1. The van der Waals surface area contributed by atoms with Crippen LogP contribution in [-0.4, -0.2) is 11.1 Å². The molecule has 3 rings (SSSR count). The molecule has 1 heterocycles. The minimum atomic E-state index is -0.817. The van der Waals surface area contributed by atoms with Crippen molar-refractivity contribution in [1.29, 1.82) is 0 Å². The normalized spacial score (nSPS) is 10.5. The second-order valence-corrected chi connectivity index (χ2v) is 4.78. The van der Waals surface area contributed by atoms with Crippen LogP contribution in [0.5, 0.6) is 5.75 Å². The van der Waals surface area contributed by atoms with E-state index in [4.69, 9.17) is 10.5 Å². The Hall–Kier alpha value is -2.88. The minimum Gasteiger partial charge on any atom is -0.410 e. The number of hydrogen-bond acceptors (Lipinski definition) is 3. The van der Waals surface area contributed by atoms with Gasteiger partial charge < -0.3 is 10.5 Å². The molecule has 104 valence electrons. The predicted octanol–water partition coefficient (Wildman–Crippen LogP) is 3.28. The van der Waals surface area contributed by atoms with E-state index in [0.717, 1.165) is 22.9 Å². The second kappa shape index (κ2) is 5.63. The number of carbonyl (C=O) groups is 1. The third-order valence-electron chi connectivity index (χ3n) is 3.18. The number of ether oxygens (including phenoxy) is 1. The van der Waals surface area contributed by atoms with Crippen LogP contribution in [0.4, 0.5) is 4.79 Å². The molecule has 0 aliphatic rings. The zero-order valence-electron chi connectivity index (χ0n) is 11.3. The van der Waals surface area contributed by atoms with E-state index in [1.54, 1.807) is 18.2 Å². The molecule has 4 nitrogen and oxygen atoms in total. The van der Waals surface area contributed by atoms with Crippen molar-refractivity contribution >= 4 is 17.0 Å². The number of hydrogen-bond donors (Lipinski definition) is 1. The van der Waals surface area contributed by atoms with Crippen molar-refractivity contribution in [2.75, 3.05) is 0 Å². The molecule has 0 aliphatic heterocycles. The van der Waals surface area contributed by atoms with Gasteiger partial charge in [-0.15, -0.1) is 0 Å². The first-order valence-electron chi connectivity index (χ1n) is 6.60. The number of aromatic nitrogens is 1. The zero-order chi connectivity index (χ0) is 14.7. The van der Waals surface area contributed by atoms with Gasteiger partial charge in [-0.2, -0.15) is 0 Å². The summed E-state index contributed by atoms with van der Waals surface area (Å²) in [4.78, 5) is 15.2. The maximum absolute atomic E-state index is 10.8. The van der Waals surface area contributed by atoms with Gasteiger partial charge in [0, 0.05) is 11.6 Å². The van der Waals surface area contributed by atoms with Crippen LogP contribution in [0.1, 0.15) is 11.1 Å². The van der Waals surface area contributed by atoms with Gasteiger partial charge in [0.15, 0.2) is 0 Å². The Morgan fingerprint density at radius 3 is 2.62 bits per heavy atom. The zero-order valence-corrected chi connectivity index (χ0v) is 11.3. The molecule has 2 N–H and O–H groups in total. The Morgan fingerprint density at radius 1 is 1.05 bits per heavy atom. The van der Waals surface area contributed by atoms with E-state index in [9.17, 15) is 4.79 Å². The maximum atomic E-state index is 10.8. The molecular weight excluding hydrogens is 264 g/mol. The average Bonchev–Trinajstić information content (AvgIpc) is 2.47. The molecule has 3 aromatic rings. The third kappa shape index (κ3) is 3.17. The van der Waals surface area contributed by atoms with E-state index in [1.165, 1.54) is 5.56 Å². The van der Waals surface area contributed by atoms with Crippen molar-refractivity contribution in [3.8, 4) is 5.75 Å². The van der Waals surface area contributed by atoms with E-state index in [1.807, 2.05) is 30.5 Å². The standard InChI is InChI=1S/C17H14N2O2/c18-17(20)21-15-6-7-16-14(10-15)9-13(11-19-16)8-12-4-2-1-3-5-12/h1-7,9-11H,8H2,(H2,18,20). The fourth-order valence-electron chi connectivity index (χ4n) is 2.26. The number of fused-ring (bicyclic) bond motifs is 1. The highest BCUT2D eigenvalue weighted by Gasteiger charge is 2.03. The molecule has 0 atom stereocenters. The smallest absolute Gasteiger partial charge is 0.409 e. The highest BCUT2D eigenvalue weighted by Crippen LogP contribution is 2.21. The summed E-state index contributed by atoms with van der Waals surface area (Å²) in [6.45, 7) is 0. The molecule has 4 heteroatoms. The van der Waals surface area contributed by atoms with E-state index in [0.29, 0.717) is 5.75 Å². The van der Waals surface area contributed by atoms with Gasteiger partial charge in [0.05, 0.1) is 5.52 Å². The topological polar surface area (TPSA) is 65.2 Å². The number of amides is 1. The highest BCUT2D eigenvalue weighted by atomic mass is 16.5. The van der Waals surface area contributed by atoms with E-state index < -0.39 is 6.09 Å². The first kappa shape index (κ1) is 13.1. The van der Waals surface area contributed by atoms with Crippen molar-refractivity contribution in [3.05, 3.63) is 71.9 Å². The molecule has 0 aliphatic carbocycles. The SMILES string of the molecule is NC(=O)Oc1ccc2ncc(Cc3ccccc3)cc2c1. The number of rotatable bonds is 3. The Labute approximate surface area is 122 Å². The molecule has 1 aromatic heterocycles. The van der Waals surface area contributed by atoms with Crippen LogP contribution in [0.2, 0.25) is 0 Å². The third-order valence-corrected chi connectivity index (χ3v) is 3.18. The molecule has 0 bridgehead atoms. The summed E-state index contributed by atoms with van der Waals surface area (Å²) in [5, 5.41) is 0.919. The van der Waals surface area contributed by atoms with Gasteiger partial charge in [-0.1, -0.05) is 30.3 Å². The second-order valence-electron chi connectivity index (χ2n) is 4.78.